The standard InChI is InChI=1S/C14H15F2N3/c1-2-5-14-18-12-8-10(15)11(16)9-13(12)19(14)7-4-3-6-17/h8-9H,2-5,7H2,1H3. The van der Waals surface area contributed by atoms with E-state index in [4.69, 9.17) is 5.26 Å². The number of aryl methyl sites for hydroxylation is 2. The molecule has 0 aliphatic carbocycles. The van der Waals surface area contributed by atoms with Crippen LogP contribution in [0.25, 0.3) is 11.0 Å². The third-order valence-corrected chi connectivity index (χ3v) is 3.01. The molecule has 0 saturated heterocycles. The van der Waals surface area contributed by atoms with Crippen molar-refractivity contribution in [1.82, 2.24) is 9.55 Å². The average molecular weight is 263 g/mol. The number of benzene rings is 1. The Hall–Kier alpha value is -1.96. The van der Waals surface area contributed by atoms with Crippen molar-refractivity contribution in [3.63, 3.8) is 0 Å². The van der Waals surface area contributed by atoms with Gasteiger partial charge in [-0.2, -0.15) is 5.26 Å². The van der Waals surface area contributed by atoms with E-state index in [0.717, 1.165) is 24.7 Å². The Labute approximate surface area is 110 Å². The fraction of sp³-hybridized carbons (Fsp3) is 0.429. The van der Waals surface area contributed by atoms with Gasteiger partial charge in [-0.1, -0.05) is 6.92 Å². The summed E-state index contributed by atoms with van der Waals surface area (Å²) in [4.78, 5) is 4.36. The maximum absolute atomic E-state index is 13.3. The fourth-order valence-corrected chi connectivity index (χ4v) is 2.15. The van der Waals surface area contributed by atoms with Crippen LogP contribution in [0.4, 0.5) is 8.78 Å². The van der Waals surface area contributed by atoms with Crippen molar-refractivity contribution >= 4 is 11.0 Å². The molecular weight excluding hydrogens is 248 g/mol. The van der Waals surface area contributed by atoms with Crippen LogP contribution >= 0.6 is 0 Å². The smallest absolute Gasteiger partial charge is 0.161 e. The Kier molecular flexibility index (Phi) is 4.10. The van der Waals surface area contributed by atoms with E-state index in [0.29, 0.717) is 30.4 Å². The summed E-state index contributed by atoms with van der Waals surface area (Å²) >= 11 is 0. The first kappa shape index (κ1) is 13.5. The number of nitrogens with zero attached hydrogens (tertiary/aromatic N) is 3. The molecule has 0 unspecified atom stereocenters. The lowest BCUT2D eigenvalue weighted by Crippen LogP contribution is -2.04. The number of hydrogen-bond donors (Lipinski definition) is 0. The average Bonchev–Trinajstić information content (AvgIpc) is 2.69. The summed E-state index contributed by atoms with van der Waals surface area (Å²) in [5.41, 5.74) is 1.07. The van der Waals surface area contributed by atoms with Crippen molar-refractivity contribution in [2.24, 2.45) is 0 Å². The highest BCUT2D eigenvalue weighted by Gasteiger charge is 2.13. The largest absolute Gasteiger partial charge is 0.328 e. The SMILES string of the molecule is CCCc1nc2cc(F)c(F)cc2n1CCCC#N. The molecule has 3 nitrogen and oxygen atoms in total. The van der Waals surface area contributed by atoms with Crippen LogP contribution in [0, 0.1) is 23.0 Å². The second-order valence-electron chi connectivity index (χ2n) is 4.45. The normalized spacial score (nSPS) is 10.8. The van der Waals surface area contributed by atoms with Gasteiger partial charge in [-0.25, -0.2) is 13.8 Å². The Morgan fingerprint density at radius 2 is 2.05 bits per heavy atom. The molecule has 0 N–H and O–H groups in total. The van der Waals surface area contributed by atoms with E-state index in [9.17, 15) is 8.78 Å². The number of nitriles is 1. The lowest BCUT2D eigenvalue weighted by molar-refractivity contribution is 0.510. The summed E-state index contributed by atoms with van der Waals surface area (Å²) < 4.78 is 28.4. The second kappa shape index (κ2) is 5.79. The maximum atomic E-state index is 13.3. The Morgan fingerprint density at radius 1 is 1.32 bits per heavy atom. The molecule has 0 amide bonds. The molecule has 2 aromatic rings. The summed E-state index contributed by atoms with van der Waals surface area (Å²) in [6.07, 6.45) is 2.78. The summed E-state index contributed by atoms with van der Waals surface area (Å²) in [7, 11) is 0. The van der Waals surface area contributed by atoms with Crippen molar-refractivity contribution in [2.45, 2.75) is 39.2 Å². The fourth-order valence-electron chi connectivity index (χ4n) is 2.15. The van der Waals surface area contributed by atoms with Crippen molar-refractivity contribution in [1.29, 1.82) is 5.26 Å². The van der Waals surface area contributed by atoms with E-state index >= 15 is 0 Å². The quantitative estimate of drug-likeness (QED) is 0.774. The first-order valence-electron chi connectivity index (χ1n) is 6.38. The van der Waals surface area contributed by atoms with Crippen LogP contribution in [0.15, 0.2) is 12.1 Å². The zero-order valence-corrected chi connectivity index (χ0v) is 10.8. The number of imidazole rings is 1. The first-order chi connectivity index (χ1) is 9.17. The van der Waals surface area contributed by atoms with Gasteiger partial charge in [0.1, 0.15) is 5.82 Å². The van der Waals surface area contributed by atoms with Gasteiger partial charge in [0.15, 0.2) is 11.6 Å². The zero-order chi connectivity index (χ0) is 13.8. The van der Waals surface area contributed by atoms with Gasteiger partial charge in [-0.15, -0.1) is 0 Å². The molecule has 0 atom stereocenters. The molecule has 0 bridgehead atoms. The van der Waals surface area contributed by atoms with Crippen LogP contribution in [0.1, 0.15) is 32.0 Å². The second-order valence-corrected chi connectivity index (χ2v) is 4.45. The van der Waals surface area contributed by atoms with Crippen molar-refractivity contribution in [2.75, 3.05) is 0 Å². The van der Waals surface area contributed by atoms with E-state index in [1.807, 2.05) is 11.5 Å². The maximum Gasteiger partial charge on any atom is 0.161 e. The molecule has 0 fully saturated rings. The van der Waals surface area contributed by atoms with Crippen molar-refractivity contribution in [3.05, 3.63) is 29.6 Å². The minimum atomic E-state index is -0.878. The van der Waals surface area contributed by atoms with E-state index < -0.39 is 11.6 Å². The molecule has 0 aliphatic heterocycles. The molecule has 19 heavy (non-hydrogen) atoms. The van der Waals surface area contributed by atoms with E-state index in [1.165, 1.54) is 6.07 Å². The zero-order valence-electron chi connectivity index (χ0n) is 10.8. The summed E-state index contributed by atoms with van der Waals surface area (Å²) in [6, 6.07) is 4.40. The molecule has 100 valence electrons. The summed E-state index contributed by atoms with van der Waals surface area (Å²) in [5.74, 6) is -0.922. The number of aromatic nitrogens is 2. The Bertz CT molecular complexity index is 626. The van der Waals surface area contributed by atoms with Crippen LogP contribution in [0.3, 0.4) is 0 Å². The van der Waals surface area contributed by atoms with Gasteiger partial charge in [0.05, 0.1) is 17.1 Å². The highest BCUT2D eigenvalue weighted by Crippen LogP contribution is 2.21. The van der Waals surface area contributed by atoms with Crippen molar-refractivity contribution in [3.8, 4) is 6.07 Å². The van der Waals surface area contributed by atoms with E-state index in [1.54, 1.807) is 0 Å². The Balaban J connectivity index is 2.46. The minimum Gasteiger partial charge on any atom is -0.328 e. The first-order valence-corrected chi connectivity index (χ1v) is 6.38. The van der Waals surface area contributed by atoms with Gasteiger partial charge < -0.3 is 4.57 Å². The molecule has 0 aliphatic rings. The number of hydrogen-bond acceptors (Lipinski definition) is 2. The lowest BCUT2D eigenvalue weighted by Gasteiger charge is -2.07. The molecular formula is C14H15F2N3. The van der Waals surface area contributed by atoms with Gasteiger partial charge in [-0.05, 0) is 12.8 Å². The minimum absolute atomic E-state index is 0.439. The summed E-state index contributed by atoms with van der Waals surface area (Å²) in [5, 5.41) is 8.58. The number of fused-ring (bicyclic) bond motifs is 1. The van der Waals surface area contributed by atoms with E-state index in [2.05, 4.69) is 11.1 Å². The van der Waals surface area contributed by atoms with Gasteiger partial charge in [0, 0.05) is 31.5 Å². The highest BCUT2D eigenvalue weighted by atomic mass is 19.2. The predicted molar refractivity (Wildman–Crippen MR) is 68.5 cm³/mol. The number of unbranched alkanes of at least 4 members (excludes halogenated alkanes) is 1. The molecule has 5 heteroatoms. The van der Waals surface area contributed by atoms with E-state index in [-0.39, 0.29) is 0 Å². The third-order valence-electron chi connectivity index (χ3n) is 3.01. The van der Waals surface area contributed by atoms with Crippen LogP contribution < -0.4 is 0 Å². The molecule has 1 heterocycles. The Morgan fingerprint density at radius 3 is 2.74 bits per heavy atom. The highest BCUT2D eigenvalue weighted by molar-refractivity contribution is 5.76. The number of halogens is 2. The van der Waals surface area contributed by atoms with Crippen LogP contribution in [0.5, 0.6) is 0 Å². The van der Waals surface area contributed by atoms with Crippen molar-refractivity contribution < 1.29 is 8.78 Å². The van der Waals surface area contributed by atoms with Crippen LogP contribution in [-0.4, -0.2) is 9.55 Å². The molecule has 0 radical (unpaired) electrons. The molecule has 1 aromatic heterocycles. The molecule has 0 saturated carbocycles. The van der Waals surface area contributed by atoms with Crippen LogP contribution in [-0.2, 0) is 13.0 Å². The monoisotopic (exact) mass is 263 g/mol. The number of rotatable bonds is 5. The van der Waals surface area contributed by atoms with Gasteiger partial charge in [-0.3, -0.25) is 0 Å². The molecule has 0 spiro atoms. The van der Waals surface area contributed by atoms with Crippen LogP contribution in [0.2, 0.25) is 0 Å². The molecule has 2 rings (SSSR count). The van der Waals surface area contributed by atoms with Gasteiger partial charge in [0.25, 0.3) is 0 Å². The van der Waals surface area contributed by atoms with Gasteiger partial charge >= 0.3 is 0 Å². The topological polar surface area (TPSA) is 41.6 Å². The van der Waals surface area contributed by atoms with Gasteiger partial charge in [0.2, 0.25) is 0 Å². The third kappa shape index (κ3) is 2.73. The summed E-state index contributed by atoms with van der Waals surface area (Å²) in [6.45, 7) is 2.63. The lowest BCUT2D eigenvalue weighted by atomic mass is 10.2. The molecule has 1 aromatic carbocycles. The predicted octanol–water partition coefficient (Wildman–Crippen LogP) is 3.57.